The Morgan fingerprint density at radius 1 is 1.00 bits per heavy atom. The fourth-order valence-corrected chi connectivity index (χ4v) is 3.73. The topological polar surface area (TPSA) is 15.3 Å². The molecule has 2 nitrogen and oxygen atoms in total. The molecule has 0 amide bonds. The molecule has 0 aromatic heterocycles. The van der Waals surface area contributed by atoms with Gasteiger partial charge in [0, 0.05) is 19.1 Å². The van der Waals surface area contributed by atoms with E-state index in [1.807, 2.05) is 0 Å². The van der Waals surface area contributed by atoms with E-state index in [0.717, 1.165) is 12.5 Å². The fourth-order valence-electron chi connectivity index (χ4n) is 3.73. The zero-order valence-corrected chi connectivity index (χ0v) is 15.4. The van der Waals surface area contributed by atoms with Crippen LogP contribution in [0.15, 0.2) is 0 Å². The van der Waals surface area contributed by atoms with Crippen LogP contribution in [0.3, 0.4) is 0 Å². The van der Waals surface area contributed by atoms with Crippen molar-refractivity contribution in [2.75, 3.05) is 26.2 Å². The van der Waals surface area contributed by atoms with Crippen LogP contribution in [0.4, 0.5) is 0 Å². The number of hydrogen-bond acceptors (Lipinski definition) is 2. The molecular formula is C19H40N2. The van der Waals surface area contributed by atoms with Crippen LogP contribution in [0.25, 0.3) is 0 Å². The Morgan fingerprint density at radius 2 is 1.62 bits per heavy atom. The zero-order valence-electron chi connectivity index (χ0n) is 15.4. The number of hydrogen-bond donors (Lipinski definition) is 1. The summed E-state index contributed by atoms with van der Waals surface area (Å²) in [6, 6.07) is 0.676. The van der Waals surface area contributed by atoms with E-state index in [-0.39, 0.29) is 0 Å². The highest BCUT2D eigenvalue weighted by atomic mass is 15.2. The monoisotopic (exact) mass is 296 g/mol. The third-order valence-electron chi connectivity index (χ3n) is 5.00. The van der Waals surface area contributed by atoms with Gasteiger partial charge in [-0.25, -0.2) is 0 Å². The van der Waals surface area contributed by atoms with Crippen LogP contribution < -0.4 is 5.32 Å². The molecule has 1 aliphatic carbocycles. The van der Waals surface area contributed by atoms with E-state index in [9.17, 15) is 0 Å². The van der Waals surface area contributed by atoms with Crippen molar-refractivity contribution in [1.29, 1.82) is 0 Å². The molecule has 2 heteroatoms. The molecule has 0 heterocycles. The number of rotatable bonds is 9. The molecule has 0 unspecified atom stereocenters. The van der Waals surface area contributed by atoms with Crippen molar-refractivity contribution in [2.45, 2.75) is 85.6 Å². The Balaban J connectivity index is 2.69. The van der Waals surface area contributed by atoms with Crippen molar-refractivity contribution < 1.29 is 0 Å². The molecule has 0 aromatic rings. The van der Waals surface area contributed by atoms with Gasteiger partial charge in [-0.1, -0.05) is 46.5 Å². The van der Waals surface area contributed by atoms with E-state index >= 15 is 0 Å². The molecule has 21 heavy (non-hydrogen) atoms. The minimum absolute atomic E-state index is 0.519. The second kappa shape index (κ2) is 9.84. The predicted molar refractivity (Wildman–Crippen MR) is 94.8 cm³/mol. The summed E-state index contributed by atoms with van der Waals surface area (Å²) in [7, 11) is 0. The molecular weight excluding hydrogens is 256 g/mol. The zero-order chi connectivity index (χ0) is 15.7. The Morgan fingerprint density at radius 3 is 2.10 bits per heavy atom. The van der Waals surface area contributed by atoms with Gasteiger partial charge in [0.2, 0.25) is 0 Å². The first kappa shape index (κ1) is 19.0. The summed E-state index contributed by atoms with van der Waals surface area (Å²) in [5, 5.41) is 3.78. The summed E-state index contributed by atoms with van der Waals surface area (Å²) in [6.45, 7) is 16.6. The Kier molecular flexibility index (Phi) is 8.89. The molecule has 1 rings (SSSR count). The first-order chi connectivity index (χ1) is 9.99. The van der Waals surface area contributed by atoms with E-state index in [1.165, 1.54) is 64.6 Å². The Labute approximate surface area is 134 Å². The van der Waals surface area contributed by atoms with Gasteiger partial charge in [0.05, 0.1) is 0 Å². The summed E-state index contributed by atoms with van der Waals surface area (Å²) in [6.07, 6.45) is 9.87. The predicted octanol–water partition coefficient (Wildman–Crippen LogP) is 4.69. The van der Waals surface area contributed by atoms with Crippen molar-refractivity contribution in [1.82, 2.24) is 10.2 Å². The van der Waals surface area contributed by atoms with Crippen LogP contribution in [0.2, 0.25) is 0 Å². The molecule has 0 bridgehead atoms. The highest BCUT2D eigenvalue weighted by molar-refractivity contribution is 4.88. The van der Waals surface area contributed by atoms with Crippen LogP contribution in [0, 0.1) is 11.3 Å². The lowest BCUT2D eigenvalue weighted by Gasteiger charge is -2.40. The summed E-state index contributed by atoms with van der Waals surface area (Å²) < 4.78 is 0. The maximum absolute atomic E-state index is 3.78. The summed E-state index contributed by atoms with van der Waals surface area (Å²) in [4.78, 5) is 2.72. The van der Waals surface area contributed by atoms with E-state index < -0.39 is 0 Å². The van der Waals surface area contributed by atoms with Gasteiger partial charge in [-0.15, -0.1) is 0 Å². The molecule has 126 valence electrons. The minimum atomic E-state index is 0.519. The van der Waals surface area contributed by atoms with Gasteiger partial charge in [0.1, 0.15) is 0 Å². The fraction of sp³-hybridized carbons (Fsp3) is 1.00. The molecule has 1 saturated carbocycles. The SMILES string of the molecule is CCCN(CC1(CNCC(C)C)CCCCCC1)C(C)C. The van der Waals surface area contributed by atoms with Crippen molar-refractivity contribution in [2.24, 2.45) is 11.3 Å². The molecule has 1 aliphatic rings. The first-order valence-electron chi connectivity index (χ1n) is 9.44. The third kappa shape index (κ3) is 7.15. The molecule has 1 fully saturated rings. The molecule has 0 atom stereocenters. The number of nitrogens with zero attached hydrogens (tertiary/aromatic N) is 1. The minimum Gasteiger partial charge on any atom is -0.316 e. The van der Waals surface area contributed by atoms with Gasteiger partial charge in [-0.05, 0) is 57.5 Å². The molecule has 0 spiro atoms. The Bertz CT molecular complexity index is 252. The second-order valence-corrected chi connectivity index (χ2v) is 8.00. The largest absolute Gasteiger partial charge is 0.316 e. The molecule has 0 radical (unpaired) electrons. The lowest BCUT2D eigenvalue weighted by Crippen LogP contribution is -2.47. The summed E-state index contributed by atoms with van der Waals surface area (Å²) >= 11 is 0. The van der Waals surface area contributed by atoms with Crippen LogP contribution >= 0.6 is 0 Å². The number of nitrogens with one attached hydrogen (secondary N) is 1. The van der Waals surface area contributed by atoms with Crippen molar-refractivity contribution in [3.8, 4) is 0 Å². The van der Waals surface area contributed by atoms with E-state index in [4.69, 9.17) is 0 Å². The van der Waals surface area contributed by atoms with Crippen LogP contribution in [0.5, 0.6) is 0 Å². The molecule has 0 aliphatic heterocycles. The normalized spacial score (nSPS) is 19.4. The quantitative estimate of drug-likeness (QED) is 0.621. The van der Waals surface area contributed by atoms with Gasteiger partial charge in [0.15, 0.2) is 0 Å². The van der Waals surface area contributed by atoms with Crippen molar-refractivity contribution in [3.63, 3.8) is 0 Å². The van der Waals surface area contributed by atoms with Gasteiger partial charge in [-0.2, -0.15) is 0 Å². The highest BCUT2D eigenvalue weighted by Crippen LogP contribution is 2.36. The third-order valence-corrected chi connectivity index (χ3v) is 5.00. The summed E-state index contributed by atoms with van der Waals surface area (Å²) in [5.41, 5.74) is 0.519. The van der Waals surface area contributed by atoms with Crippen LogP contribution in [-0.4, -0.2) is 37.1 Å². The van der Waals surface area contributed by atoms with E-state index in [1.54, 1.807) is 0 Å². The first-order valence-corrected chi connectivity index (χ1v) is 9.44. The summed E-state index contributed by atoms with van der Waals surface area (Å²) in [5.74, 6) is 0.754. The van der Waals surface area contributed by atoms with E-state index in [2.05, 4.69) is 44.8 Å². The van der Waals surface area contributed by atoms with Crippen LogP contribution in [-0.2, 0) is 0 Å². The maximum Gasteiger partial charge on any atom is 0.00528 e. The van der Waals surface area contributed by atoms with E-state index in [0.29, 0.717) is 11.5 Å². The molecule has 0 saturated heterocycles. The lowest BCUT2D eigenvalue weighted by molar-refractivity contribution is 0.103. The standard InChI is InChI=1S/C19H40N2/c1-6-13-21(18(4)5)16-19(15-20-14-17(2)3)11-9-7-8-10-12-19/h17-18,20H,6-16H2,1-5H3. The maximum atomic E-state index is 3.78. The van der Waals surface area contributed by atoms with Gasteiger partial charge >= 0.3 is 0 Å². The highest BCUT2D eigenvalue weighted by Gasteiger charge is 2.33. The molecule has 0 aromatic carbocycles. The van der Waals surface area contributed by atoms with Crippen molar-refractivity contribution >= 4 is 0 Å². The lowest BCUT2D eigenvalue weighted by atomic mass is 9.79. The smallest absolute Gasteiger partial charge is 0.00528 e. The second-order valence-electron chi connectivity index (χ2n) is 8.00. The van der Waals surface area contributed by atoms with Gasteiger partial charge in [0.25, 0.3) is 0 Å². The van der Waals surface area contributed by atoms with Crippen LogP contribution in [0.1, 0.15) is 79.6 Å². The average molecular weight is 297 g/mol. The molecule has 1 N–H and O–H groups in total. The average Bonchev–Trinajstić information content (AvgIpc) is 2.64. The van der Waals surface area contributed by atoms with Gasteiger partial charge in [-0.3, -0.25) is 0 Å². The van der Waals surface area contributed by atoms with Gasteiger partial charge < -0.3 is 10.2 Å². The van der Waals surface area contributed by atoms with Crippen molar-refractivity contribution in [3.05, 3.63) is 0 Å². The Hall–Kier alpha value is -0.0800.